The molecule has 0 rings (SSSR count). The van der Waals surface area contributed by atoms with Gasteiger partial charge in [-0.3, -0.25) is 4.79 Å². The maximum Gasteiger partial charge on any atom is 0.303 e. The Balaban J connectivity index is 3.82. The fraction of sp³-hybridized carbons (Fsp3) is 0.909. The summed E-state index contributed by atoms with van der Waals surface area (Å²) in [6.45, 7) is 8.38. The van der Waals surface area contributed by atoms with Crippen LogP contribution < -0.4 is 5.73 Å². The lowest BCUT2D eigenvalue weighted by Gasteiger charge is -2.24. The highest BCUT2D eigenvalue weighted by molar-refractivity contribution is 5.66. The molecule has 0 saturated heterocycles. The van der Waals surface area contributed by atoms with E-state index in [-0.39, 0.29) is 23.8 Å². The largest absolute Gasteiger partial charge is 0.481 e. The number of rotatable bonds is 5. The monoisotopic (exact) mass is 201 g/mol. The molecule has 0 fully saturated rings. The van der Waals surface area contributed by atoms with Crippen molar-refractivity contribution in [3.05, 3.63) is 0 Å². The standard InChI is InChI=1S/C11H23NO2/c1-8(6-10(13)14)5-9(12)7-11(2,3)4/h8-9H,5-7,12H2,1-4H3,(H,13,14). The zero-order chi connectivity index (χ0) is 11.4. The highest BCUT2D eigenvalue weighted by atomic mass is 16.4. The molecule has 0 radical (unpaired) electrons. The second-order valence-corrected chi connectivity index (χ2v) is 5.46. The van der Waals surface area contributed by atoms with E-state index in [1.54, 1.807) is 0 Å². The lowest BCUT2D eigenvalue weighted by molar-refractivity contribution is -0.138. The number of carbonyl (C=O) groups is 1. The number of aliphatic carboxylic acids is 1. The first-order valence-corrected chi connectivity index (χ1v) is 5.18. The van der Waals surface area contributed by atoms with Gasteiger partial charge in [0, 0.05) is 12.5 Å². The molecule has 0 saturated carbocycles. The molecule has 3 N–H and O–H groups in total. The third kappa shape index (κ3) is 8.05. The van der Waals surface area contributed by atoms with Gasteiger partial charge < -0.3 is 10.8 Å². The molecule has 3 heteroatoms. The Hall–Kier alpha value is -0.570. The third-order valence-electron chi connectivity index (χ3n) is 2.10. The van der Waals surface area contributed by atoms with Gasteiger partial charge in [0.2, 0.25) is 0 Å². The van der Waals surface area contributed by atoms with Gasteiger partial charge in [0.05, 0.1) is 0 Å². The van der Waals surface area contributed by atoms with Crippen molar-refractivity contribution in [1.29, 1.82) is 0 Å². The molecule has 84 valence electrons. The van der Waals surface area contributed by atoms with Crippen molar-refractivity contribution < 1.29 is 9.90 Å². The zero-order valence-electron chi connectivity index (χ0n) is 9.71. The van der Waals surface area contributed by atoms with E-state index >= 15 is 0 Å². The van der Waals surface area contributed by atoms with Crippen LogP contribution in [0.25, 0.3) is 0 Å². The van der Waals surface area contributed by atoms with Crippen molar-refractivity contribution >= 4 is 5.97 Å². The predicted molar refractivity (Wildman–Crippen MR) is 58.1 cm³/mol. The van der Waals surface area contributed by atoms with Crippen molar-refractivity contribution in [2.24, 2.45) is 17.1 Å². The second-order valence-electron chi connectivity index (χ2n) is 5.46. The second kappa shape index (κ2) is 5.35. The molecular formula is C11H23NO2. The van der Waals surface area contributed by atoms with Crippen LogP contribution in [0.4, 0.5) is 0 Å². The van der Waals surface area contributed by atoms with E-state index in [0.717, 1.165) is 12.8 Å². The fourth-order valence-electron chi connectivity index (χ4n) is 1.77. The van der Waals surface area contributed by atoms with Crippen LogP contribution in [0.5, 0.6) is 0 Å². The molecule has 2 unspecified atom stereocenters. The summed E-state index contributed by atoms with van der Waals surface area (Å²) in [5.74, 6) is -0.565. The molecule has 0 aliphatic rings. The smallest absolute Gasteiger partial charge is 0.303 e. The molecule has 0 aromatic heterocycles. The summed E-state index contributed by atoms with van der Waals surface area (Å²) in [7, 11) is 0. The van der Waals surface area contributed by atoms with E-state index in [9.17, 15) is 4.79 Å². The predicted octanol–water partition coefficient (Wildman–Crippen LogP) is 2.25. The summed E-state index contributed by atoms with van der Waals surface area (Å²) >= 11 is 0. The Morgan fingerprint density at radius 2 is 1.93 bits per heavy atom. The summed E-state index contributed by atoms with van der Waals surface area (Å²) in [6.07, 6.45) is 1.96. The van der Waals surface area contributed by atoms with Crippen molar-refractivity contribution in [2.75, 3.05) is 0 Å². The quantitative estimate of drug-likeness (QED) is 0.717. The van der Waals surface area contributed by atoms with Crippen LogP contribution in [0.2, 0.25) is 0 Å². The van der Waals surface area contributed by atoms with Gasteiger partial charge in [-0.1, -0.05) is 27.7 Å². The van der Waals surface area contributed by atoms with E-state index in [4.69, 9.17) is 10.8 Å². The molecule has 0 bridgehead atoms. The first-order chi connectivity index (χ1) is 6.20. The minimum absolute atomic E-state index is 0.115. The van der Waals surface area contributed by atoms with Crippen LogP contribution in [0, 0.1) is 11.3 Å². The Bertz CT molecular complexity index is 184. The summed E-state index contributed by atoms with van der Waals surface area (Å²) in [5, 5.41) is 8.59. The number of carboxylic acids is 1. The number of hydrogen-bond donors (Lipinski definition) is 2. The van der Waals surface area contributed by atoms with Crippen LogP contribution in [-0.4, -0.2) is 17.1 Å². The number of carboxylic acid groups (broad SMARTS) is 1. The molecule has 0 aliphatic carbocycles. The fourth-order valence-corrected chi connectivity index (χ4v) is 1.77. The zero-order valence-corrected chi connectivity index (χ0v) is 9.71. The molecule has 0 spiro atoms. The van der Waals surface area contributed by atoms with Gasteiger partial charge in [0.25, 0.3) is 0 Å². The van der Waals surface area contributed by atoms with Crippen LogP contribution >= 0.6 is 0 Å². The van der Waals surface area contributed by atoms with Gasteiger partial charge >= 0.3 is 5.97 Å². The minimum atomic E-state index is -0.736. The Morgan fingerprint density at radius 3 is 2.29 bits per heavy atom. The van der Waals surface area contributed by atoms with Crippen LogP contribution in [0.15, 0.2) is 0 Å². The average molecular weight is 201 g/mol. The lowest BCUT2D eigenvalue weighted by Crippen LogP contribution is -2.28. The molecule has 3 nitrogen and oxygen atoms in total. The molecule has 0 aromatic rings. The molecule has 0 heterocycles. The van der Waals surface area contributed by atoms with Crippen LogP contribution in [0.1, 0.15) is 47.0 Å². The normalized spacial score (nSPS) is 16.4. The summed E-state index contributed by atoms with van der Waals surface area (Å²) in [6, 6.07) is 0.115. The Kier molecular flexibility index (Phi) is 5.13. The van der Waals surface area contributed by atoms with Gasteiger partial charge in [-0.15, -0.1) is 0 Å². The molecule has 14 heavy (non-hydrogen) atoms. The average Bonchev–Trinajstić information content (AvgIpc) is 1.77. The summed E-state index contributed by atoms with van der Waals surface area (Å²) < 4.78 is 0. The van der Waals surface area contributed by atoms with E-state index < -0.39 is 5.97 Å². The Morgan fingerprint density at radius 1 is 1.43 bits per heavy atom. The number of nitrogens with two attached hydrogens (primary N) is 1. The SMILES string of the molecule is CC(CC(=O)O)CC(N)CC(C)(C)C. The van der Waals surface area contributed by atoms with Crippen molar-refractivity contribution in [3.63, 3.8) is 0 Å². The van der Waals surface area contributed by atoms with E-state index in [2.05, 4.69) is 20.8 Å². The maximum absolute atomic E-state index is 10.4. The van der Waals surface area contributed by atoms with E-state index in [1.807, 2.05) is 6.92 Å². The summed E-state index contributed by atoms with van der Waals surface area (Å²) in [4.78, 5) is 10.4. The summed E-state index contributed by atoms with van der Waals surface area (Å²) in [5.41, 5.74) is 6.17. The molecule has 0 aliphatic heterocycles. The van der Waals surface area contributed by atoms with Crippen LogP contribution in [0.3, 0.4) is 0 Å². The topological polar surface area (TPSA) is 63.3 Å². The highest BCUT2D eigenvalue weighted by Gasteiger charge is 2.18. The van der Waals surface area contributed by atoms with Gasteiger partial charge in [0.1, 0.15) is 0 Å². The first kappa shape index (κ1) is 13.4. The van der Waals surface area contributed by atoms with Gasteiger partial charge in [0.15, 0.2) is 0 Å². The number of hydrogen-bond acceptors (Lipinski definition) is 2. The first-order valence-electron chi connectivity index (χ1n) is 5.18. The molecular weight excluding hydrogens is 178 g/mol. The molecule has 0 aromatic carbocycles. The van der Waals surface area contributed by atoms with Gasteiger partial charge in [-0.2, -0.15) is 0 Å². The van der Waals surface area contributed by atoms with Crippen LogP contribution in [-0.2, 0) is 4.79 Å². The van der Waals surface area contributed by atoms with Gasteiger partial charge in [-0.25, -0.2) is 0 Å². The van der Waals surface area contributed by atoms with Crippen molar-refractivity contribution in [3.8, 4) is 0 Å². The lowest BCUT2D eigenvalue weighted by atomic mass is 9.85. The molecule has 0 amide bonds. The van der Waals surface area contributed by atoms with E-state index in [1.165, 1.54) is 0 Å². The Labute approximate surface area is 86.7 Å². The molecule has 2 atom stereocenters. The maximum atomic E-state index is 10.4. The van der Waals surface area contributed by atoms with E-state index in [0.29, 0.717) is 0 Å². The minimum Gasteiger partial charge on any atom is -0.481 e. The highest BCUT2D eigenvalue weighted by Crippen LogP contribution is 2.23. The van der Waals surface area contributed by atoms with Crippen molar-refractivity contribution in [1.82, 2.24) is 0 Å². The third-order valence-corrected chi connectivity index (χ3v) is 2.10. The van der Waals surface area contributed by atoms with Gasteiger partial charge in [-0.05, 0) is 24.2 Å². The van der Waals surface area contributed by atoms with Crippen molar-refractivity contribution in [2.45, 2.75) is 53.0 Å².